The summed E-state index contributed by atoms with van der Waals surface area (Å²) in [6.07, 6.45) is 1.23. The predicted molar refractivity (Wildman–Crippen MR) is 68.4 cm³/mol. The molecule has 94 valence electrons. The van der Waals surface area contributed by atoms with Crippen molar-refractivity contribution in [3.63, 3.8) is 0 Å². The minimum atomic E-state index is -0.132. The van der Waals surface area contributed by atoms with Gasteiger partial charge < -0.3 is 4.90 Å². The normalized spacial score (nSPS) is 18.5. The molecule has 0 bridgehead atoms. The lowest BCUT2D eigenvalue weighted by Crippen LogP contribution is -2.45. The first kappa shape index (κ1) is 12.5. The van der Waals surface area contributed by atoms with E-state index in [-0.39, 0.29) is 5.82 Å². The van der Waals surface area contributed by atoms with Crippen LogP contribution < -0.4 is 0 Å². The Morgan fingerprint density at radius 1 is 1.12 bits per heavy atom. The highest BCUT2D eigenvalue weighted by atomic mass is 19.1. The van der Waals surface area contributed by atoms with Crippen molar-refractivity contribution in [2.24, 2.45) is 0 Å². The minimum Gasteiger partial charge on any atom is -0.301 e. The van der Waals surface area contributed by atoms with Gasteiger partial charge in [0.15, 0.2) is 0 Å². The summed E-state index contributed by atoms with van der Waals surface area (Å²) in [5, 5.41) is 0. The van der Waals surface area contributed by atoms with E-state index < -0.39 is 0 Å². The summed E-state index contributed by atoms with van der Waals surface area (Å²) in [6.45, 7) is 8.77. The van der Waals surface area contributed by atoms with E-state index >= 15 is 0 Å². The Bertz CT molecular complexity index is 346. The Balaban J connectivity index is 1.82. The molecule has 1 aromatic carbocycles. The van der Waals surface area contributed by atoms with Gasteiger partial charge in [-0.15, -0.1) is 0 Å². The van der Waals surface area contributed by atoms with Crippen LogP contribution in [-0.2, 0) is 6.54 Å². The van der Waals surface area contributed by atoms with Crippen LogP contribution in [-0.4, -0.2) is 42.5 Å². The van der Waals surface area contributed by atoms with Gasteiger partial charge in [-0.2, -0.15) is 0 Å². The van der Waals surface area contributed by atoms with Crippen molar-refractivity contribution in [1.29, 1.82) is 0 Å². The third-order valence-electron chi connectivity index (χ3n) is 3.30. The highest BCUT2D eigenvalue weighted by molar-refractivity contribution is 5.16. The average molecular weight is 236 g/mol. The fraction of sp³-hybridized carbons (Fsp3) is 0.571. The minimum absolute atomic E-state index is 0.132. The first-order valence-corrected chi connectivity index (χ1v) is 6.47. The summed E-state index contributed by atoms with van der Waals surface area (Å²) in [5.74, 6) is -0.132. The number of benzene rings is 1. The molecule has 0 atom stereocenters. The van der Waals surface area contributed by atoms with Crippen molar-refractivity contribution in [2.75, 3.05) is 32.7 Å². The fourth-order valence-electron chi connectivity index (χ4n) is 2.38. The Kier molecular flexibility index (Phi) is 4.51. The van der Waals surface area contributed by atoms with Crippen LogP contribution in [0.2, 0.25) is 0 Å². The van der Waals surface area contributed by atoms with Crippen molar-refractivity contribution >= 4 is 0 Å². The molecule has 1 aromatic rings. The van der Waals surface area contributed by atoms with Crippen molar-refractivity contribution < 1.29 is 4.39 Å². The summed E-state index contributed by atoms with van der Waals surface area (Å²) < 4.78 is 13.1. The van der Waals surface area contributed by atoms with E-state index in [9.17, 15) is 4.39 Å². The predicted octanol–water partition coefficient (Wildman–Crippen LogP) is 2.35. The van der Waals surface area contributed by atoms with E-state index in [0.29, 0.717) is 0 Å². The van der Waals surface area contributed by atoms with Crippen LogP contribution in [0, 0.1) is 5.82 Å². The second-order valence-corrected chi connectivity index (χ2v) is 4.75. The van der Waals surface area contributed by atoms with Gasteiger partial charge in [-0.3, -0.25) is 4.90 Å². The van der Waals surface area contributed by atoms with Gasteiger partial charge in [-0.1, -0.05) is 19.1 Å². The monoisotopic (exact) mass is 236 g/mol. The summed E-state index contributed by atoms with van der Waals surface area (Å²) in [5.41, 5.74) is 1.08. The van der Waals surface area contributed by atoms with E-state index in [1.54, 1.807) is 12.1 Å². The van der Waals surface area contributed by atoms with Crippen molar-refractivity contribution in [1.82, 2.24) is 9.80 Å². The number of hydrogen-bond acceptors (Lipinski definition) is 2. The third-order valence-corrected chi connectivity index (χ3v) is 3.30. The van der Waals surface area contributed by atoms with E-state index in [1.807, 2.05) is 6.07 Å². The lowest BCUT2D eigenvalue weighted by molar-refractivity contribution is 0.127. The molecule has 0 unspecified atom stereocenters. The molecule has 0 aliphatic carbocycles. The Morgan fingerprint density at radius 2 is 1.82 bits per heavy atom. The number of rotatable bonds is 4. The summed E-state index contributed by atoms with van der Waals surface area (Å²) >= 11 is 0. The molecule has 1 aliphatic heterocycles. The average Bonchev–Trinajstić information content (AvgIpc) is 2.32. The van der Waals surface area contributed by atoms with Gasteiger partial charge >= 0.3 is 0 Å². The number of nitrogens with zero attached hydrogens (tertiary/aromatic N) is 2. The van der Waals surface area contributed by atoms with Crippen LogP contribution in [0.5, 0.6) is 0 Å². The summed E-state index contributed by atoms with van der Waals surface area (Å²) in [4.78, 5) is 4.91. The number of halogens is 1. The smallest absolute Gasteiger partial charge is 0.123 e. The molecule has 0 radical (unpaired) electrons. The fourth-order valence-corrected chi connectivity index (χ4v) is 2.38. The summed E-state index contributed by atoms with van der Waals surface area (Å²) in [6, 6.07) is 6.93. The summed E-state index contributed by atoms with van der Waals surface area (Å²) in [7, 11) is 0. The molecular formula is C14H21FN2. The zero-order chi connectivity index (χ0) is 12.1. The molecule has 1 heterocycles. The van der Waals surface area contributed by atoms with Gasteiger partial charge in [0, 0.05) is 32.7 Å². The number of hydrogen-bond donors (Lipinski definition) is 0. The maximum Gasteiger partial charge on any atom is 0.123 e. The van der Waals surface area contributed by atoms with Gasteiger partial charge in [0.2, 0.25) is 0 Å². The molecule has 1 aliphatic rings. The SMILES string of the molecule is CCCN1CCN(Cc2cccc(F)c2)CC1. The van der Waals surface area contributed by atoms with Crippen molar-refractivity contribution in [3.8, 4) is 0 Å². The Labute approximate surface area is 103 Å². The Morgan fingerprint density at radius 3 is 2.47 bits per heavy atom. The van der Waals surface area contributed by atoms with Crippen LogP contribution in [0.3, 0.4) is 0 Å². The molecule has 0 saturated carbocycles. The lowest BCUT2D eigenvalue weighted by Gasteiger charge is -2.34. The van der Waals surface area contributed by atoms with Gasteiger partial charge in [0.05, 0.1) is 0 Å². The van der Waals surface area contributed by atoms with Gasteiger partial charge in [0.1, 0.15) is 5.82 Å². The second kappa shape index (κ2) is 6.12. The molecule has 2 rings (SSSR count). The molecule has 17 heavy (non-hydrogen) atoms. The lowest BCUT2D eigenvalue weighted by atomic mass is 10.2. The molecule has 0 amide bonds. The highest BCUT2D eigenvalue weighted by Crippen LogP contribution is 2.10. The molecule has 3 heteroatoms. The zero-order valence-electron chi connectivity index (χ0n) is 10.5. The molecule has 1 fully saturated rings. The molecule has 0 N–H and O–H groups in total. The molecule has 1 saturated heterocycles. The van der Waals surface area contributed by atoms with Gasteiger partial charge in [-0.25, -0.2) is 4.39 Å². The highest BCUT2D eigenvalue weighted by Gasteiger charge is 2.15. The first-order valence-electron chi connectivity index (χ1n) is 6.47. The largest absolute Gasteiger partial charge is 0.301 e. The van der Waals surface area contributed by atoms with Crippen LogP contribution in [0.25, 0.3) is 0 Å². The van der Waals surface area contributed by atoms with Crippen molar-refractivity contribution in [3.05, 3.63) is 35.6 Å². The molecule has 0 spiro atoms. The number of piperazine rings is 1. The van der Waals surface area contributed by atoms with E-state index in [1.165, 1.54) is 19.0 Å². The van der Waals surface area contributed by atoms with Crippen LogP contribution in [0.1, 0.15) is 18.9 Å². The molecule has 2 nitrogen and oxygen atoms in total. The Hall–Kier alpha value is -0.930. The van der Waals surface area contributed by atoms with Gasteiger partial charge in [0.25, 0.3) is 0 Å². The van der Waals surface area contributed by atoms with Gasteiger partial charge in [-0.05, 0) is 30.7 Å². The van der Waals surface area contributed by atoms with E-state index in [0.717, 1.165) is 38.3 Å². The molecule has 0 aromatic heterocycles. The van der Waals surface area contributed by atoms with Crippen LogP contribution in [0.4, 0.5) is 4.39 Å². The van der Waals surface area contributed by atoms with E-state index in [4.69, 9.17) is 0 Å². The molecular weight excluding hydrogens is 215 g/mol. The third kappa shape index (κ3) is 3.79. The zero-order valence-corrected chi connectivity index (χ0v) is 10.5. The van der Waals surface area contributed by atoms with E-state index in [2.05, 4.69) is 16.7 Å². The van der Waals surface area contributed by atoms with Crippen LogP contribution >= 0.6 is 0 Å². The topological polar surface area (TPSA) is 6.48 Å². The second-order valence-electron chi connectivity index (χ2n) is 4.75. The van der Waals surface area contributed by atoms with Crippen LogP contribution in [0.15, 0.2) is 24.3 Å². The first-order chi connectivity index (χ1) is 8.28. The quantitative estimate of drug-likeness (QED) is 0.792. The standard InChI is InChI=1S/C14H21FN2/c1-2-6-16-7-9-17(10-8-16)12-13-4-3-5-14(15)11-13/h3-5,11H,2,6-10,12H2,1H3. The van der Waals surface area contributed by atoms with Crippen molar-refractivity contribution in [2.45, 2.75) is 19.9 Å². The maximum atomic E-state index is 13.1. The maximum absolute atomic E-state index is 13.1.